The number of aromatic amines is 1. The van der Waals surface area contributed by atoms with Crippen LogP contribution in [-0.2, 0) is 0 Å². The van der Waals surface area contributed by atoms with Gasteiger partial charge in [0.05, 0.1) is 16.7 Å². The number of aromatic nitrogens is 4. The summed E-state index contributed by atoms with van der Waals surface area (Å²) in [6.45, 7) is 1.71. The first-order valence-electron chi connectivity index (χ1n) is 10.3. The molecule has 9 nitrogen and oxygen atoms in total. The van der Waals surface area contributed by atoms with Crippen molar-refractivity contribution in [1.82, 2.24) is 19.7 Å². The third-order valence-electron chi connectivity index (χ3n) is 5.38. The highest BCUT2D eigenvalue weighted by molar-refractivity contribution is 6.05. The molecule has 1 aliphatic heterocycles. The molecule has 0 bridgehead atoms. The average Bonchev–Trinajstić information content (AvgIpc) is 3.35. The summed E-state index contributed by atoms with van der Waals surface area (Å²) >= 11 is 0. The molecular weight excluding hydrogens is 408 g/mol. The van der Waals surface area contributed by atoms with E-state index >= 15 is 0 Å². The van der Waals surface area contributed by atoms with Crippen LogP contribution in [0, 0.1) is 0 Å². The van der Waals surface area contributed by atoms with E-state index < -0.39 is 11.1 Å². The second kappa shape index (κ2) is 8.10. The lowest BCUT2D eigenvalue weighted by atomic mass is 10.2. The number of carbonyl (C=O) groups is 1. The highest BCUT2D eigenvalue weighted by Crippen LogP contribution is 2.28. The van der Waals surface area contributed by atoms with E-state index in [1.165, 1.54) is 12.1 Å². The molecule has 0 atom stereocenters. The Bertz CT molecular complexity index is 1440. The predicted octanol–water partition coefficient (Wildman–Crippen LogP) is 2.32. The molecular formula is C23H20N6O3. The number of amides is 1. The van der Waals surface area contributed by atoms with E-state index in [0.29, 0.717) is 28.4 Å². The first-order chi connectivity index (χ1) is 15.6. The van der Waals surface area contributed by atoms with Crippen LogP contribution < -0.4 is 21.3 Å². The van der Waals surface area contributed by atoms with Gasteiger partial charge in [-0.3, -0.25) is 19.5 Å². The summed E-state index contributed by atoms with van der Waals surface area (Å²) in [5.41, 5.74) is 1.33. The Labute approximate surface area is 182 Å². The zero-order valence-corrected chi connectivity index (χ0v) is 17.1. The topological polar surface area (TPSA) is 113 Å². The number of H-pyrrole nitrogens is 1. The molecule has 1 amide bonds. The van der Waals surface area contributed by atoms with Gasteiger partial charge in [-0.1, -0.05) is 18.2 Å². The maximum atomic E-state index is 13.1. The Balaban J connectivity index is 1.51. The summed E-state index contributed by atoms with van der Waals surface area (Å²) in [5.74, 6) is 0.656. The van der Waals surface area contributed by atoms with Crippen molar-refractivity contribution in [2.45, 2.75) is 12.8 Å². The van der Waals surface area contributed by atoms with Crippen molar-refractivity contribution in [3.63, 3.8) is 0 Å². The zero-order valence-electron chi connectivity index (χ0n) is 17.1. The molecule has 1 fully saturated rings. The number of nitrogens with zero attached hydrogens (tertiary/aromatic N) is 4. The molecule has 2 aromatic heterocycles. The lowest BCUT2D eigenvalue weighted by Gasteiger charge is -2.20. The fourth-order valence-electron chi connectivity index (χ4n) is 3.81. The molecule has 2 N–H and O–H groups in total. The molecule has 160 valence electrons. The standard InChI is InChI=1S/C23H20N6O3/c30-19-10-11-20(31)29(27-19)16-7-5-6-15(14-16)23(32)26-21-22(28-12-3-4-13-28)25-18-9-2-1-8-17(18)24-21/h1-2,5-11,14H,3-4,12-13H2,(H,27,30)(H,24,26,32). The number of fused-ring (bicyclic) bond motifs is 1. The van der Waals surface area contributed by atoms with Crippen LogP contribution in [0.4, 0.5) is 11.6 Å². The average molecular weight is 428 g/mol. The minimum absolute atomic E-state index is 0.321. The largest absolute Gasteiger partial charge is 0.354 e. The van der Waals surface area contributed by atoms with Gasteiger partial charge in [0.15, 0.2) is 11.6 Å². The van der Waals surface area contributed by atoms with Gasteiger partial charge in [0, 0.05) is 30.8 Å². The molecule has 0 aliphatic carbocycles. The van der Waals surface area contributed by atoms with Gasteiger partial charge < -0.3 is 10.2 Å². The van der Waals surface area contributed by atoms with Gasteiger partial charge in [-0.25, -0.2) is 14.6 Å². The molecule has 0 saturated carbocycles. The molecule has 3 heterocycles. The van der Waals surface area contributed by atoms with E-state index in [-0.39, 0.29) is 5.91 Å². The maximum Gasteiger partial charge on any atom is 0.269 e. The minimum atomic E-state index is -0.416. The maximum absolute atomic E-state index is 13.1. The number of anilines is 2. The number of para-hydroxylation sites is 2. The Kier molecular flexibility index (Phi) is 4.98. The van der Waals surface area contributed by atoms with Crippen molar-refractivity contribution in [3.05, 3.63) is 86.9 Å². The van der Waals surface area contributed by atoms with Gasteiger partial charge in [0.1, 0.15) is 0 Å². The Hall–Kier alpha value is -4.27. The first-order valence-corrected chi connectivity index (χ1v) is 10.3. The Morgan fingerprint density at radius 1 is 0.906 bits per heavy atom. The quantitative estimate of drug-likeness (QED) is 0.516. The number of hydrogen-bond donors (Lipinski definition) is 2. The van der Waals surface area contributed by atoms with Gasteiger partial charge in [-0.05, 0) is 43.2 Å². The fraction of sp³-hybridized carbons (Fsp3) is 0.174. The van der Waals surface area contributed by atoms with Gasteiger partial charge in [-0.2, -0.15) is 0 Å². The second-order valence-electron chi connectivity index (χ2n) is 7.57. The molecule has 1 saturated heterocycles. The summed E-state index contributed by atoms with van der Waals surface area (Å²) in [6.07, 6.45) is 2.13. The molecule has 5 rings (SSSR count). The van der Waals surface area contributed by atoms with Gasteiger partial charge in [0.25, 0.3) is 17.0 Å². The first kappa shape index (κ1) is 19.7. The molecule has 2 aromatic carbocycles. The summed E-state index contributed by atoms with van der Waals surface area (Å²) in [7, 11) is 0. The molecule has 0 unspecified atom stereocenters. The molecule has 0 radical (unpaired) electrons. The lowest BCUT2D eigenvalue weighted by molar-refractivity contribution is 0.102. The van der Waals surface area contributed by atoms with E-state index in [0.717, 1.165) is 42.2 Å². The summed E-state index contributed by atoms with van der Waals surface area (Å²) in [5, 5.41) is 5.35. The van der Waals surface area contributed by atoms with Crippen LogP contribution >= 0.6 is 0 Å². The third kappa shape index (κ3) is 3.76. The number of rotatable bonds is 4. The van der Waals surface area contributed by atoms with E-state index in [4.69, 9.17) is 4.98 Å². The van der Waals surface area contributed by atoms with E-state index in [1.54, 1.807) is 18.2 Å². The Morgan fingerprint density at radius 3 is 2.44 bits per heavy atom. The van der Waals surface area contributed by atoms with Crippen LogP contribution in [0.5, 0.6) is 0 Å². The zero-order chi connectivity index (χ0) is 22.1. The Morgan fingerprint density at radius 2 is 1.66 bits per heavy atom. The predicted molar refractivity (Wildman–Crippen MR) is 122 cm³/mol. The highest BCUT2D eigenvalue weighted by Gasteiger charge is 2.21. The SMILES string of the molecule is O=C(Nc1nc2ccccc2nc1N1CCCC1)c1cccc(-n2[nH]c(=O)ccc2=O)c1. The summed E-state index contributed by atoms with van der Waals surface area (Å²) < 4.78 is 1.10. The molecule has 0 spiro atoms. The van der Waals surface area contributed by atoms with Crippen LogP contribution in [0.15, 0.2) is 70.3 Å². The van der Waals surface area contributed by atoms with Gasteiger partial charge >= 0.3 is 0 Å². The smallest absolute Gasteiger partial charge is 0.269 e. The second-order valence-corrected chi connectivity index (χ2v) is 7.57. The molecule has 32 heavy (non-hydrogen) atoms. The molecule has 9 heteroatoms. The van der Waals surface area contributed by atoms with Crippen molar-refractivity contribution < 1.29 is 4.79 Å². The normalized spacial score (nSPS) is 13.4. The summed E-state index contributed by atoms with van der Waals surface area (Å²) in [6, 6.07) is 16.3. The van der Waals surface area contributed by atoms with Crippen LogP contribution in [-0.4, -0.2) is 38.7 Å². The number of carbonyl (C=O) groups excluding carboxylic acids is 1. The van der Waals surface area contributed by atoms with Crippen molar-refractivity contribution in [2.24, 2.45) is 0 Å². The van der Waals surface area contributed by atoms with E-state index in [9.17, 15) is 14.4 Å². The van der Waals surface area contributed by atoms with Crippen molar-refractivity contribution in [2.75, 3.05) is 23.3 Å². The van der Waals surface area contributed by atoms with Crippen molar-refractivity contribution in [3.8, 4) is 5.69 Å². The van der Waals surface area contributed by atoms with Crippen LogP contribution in [0.2, 0.25) is 0 Å². The van der Waals surface area contributed by atoms with Crippen LogP contribution in [0.3, 0.4) is 0 Å². The molecule has 4 aromatic rings. The van der Waals surface area contributed by atoms with Gasteiger partial charge in [-0.15, -0.1) is 0 Å². The van der Waals surface area contributed by atoms with E-state index in [2.05, 4.69) is 20.3 Å². The fourth-order valence-corrected chi connectivity index (χ4v) is 3.81. The van der Waals surface area contributed by atoms with Crippen molar-refractivity contribution in [1.29, 1.82) is 0 Å². The minimum Gasteiger partial charge on any atom is -0.354 e. The number of nitrogens with one attached hydrogen (secondary N) is 2. The van der Waals surface area contributed by atoms with Crippen LogP contribution in [0.1, 0.15) is 23.2 Å². The number of hydrogen-bond acceptors (Lipinski definition) is 6. The van der Waals surface area contributed by atoms with Crippen molar-refractivity contribution >= 4 is 28.6 Å². The molecule has 1 aliphatic rings. The van der Waals surface area contributed by atoms with E-state index in [1.807, 2.05) is 24.3 Å². The number of benzene rings is 2. The lowest BCUT2D eigenvalue weighted by Crippen LogP contribution is -2.27. The highest BCUT2D eigenvalue weighted by atomic mass is 16.2. The monoisotopic (exact) mass is 428 g/mol. The van der Waals surface area contributed by atoms with Gasteiger partial charge in [0.2, 0.25) is 0 Å². The van der Waals surface area contributed by atoms with Crippen LogP contribution in [0.25, 0.3) is 16.7 Å². The third-order valence-corrected chi connectivity index (χ3v) is 5.38. The summed E-state index contributed by atoms with van der Waals surface area (Å²) in [4.78, 5) is 48.4.